The van der Waals surface area contributed by atoms with Gasteiger partial charge < -0.3 is 10.3 Å². The Labute approximate surface area is 108 Å². The van der Waals surface area contributed by atoms with Crippen molar-refractivity contribution >= 4 is 15.8 Å². The maximum atomic E-state index is 12.4. The van der Waals surface area contributed by atoms with E-state index < -0.39 is 10.0 Å². The molecule has 0 amide bonds. The molecule has 1 aliphatic rings. The summed E-state index contributed by atoms with van der Waals surface area (Å²) in [7, 11) is -1.98. The Kier molecular flexibility index (Phi) is 3.37. The van der Waals surface area contributed by atoms with Crippen LogP contribution in [0.4, 0.5) is 5.82 Å². The van der Waals surface area contributed by atoms with Crippen LogP contribution in [-0.2, 0) is 17.1 Å². The van der Waals surface area contributed by atoms with Gasteiger partial charge in [0.05, 0.1) is 6.33 Å². The van der Waals surface area contributed by atoms with E-state index in [1.54, 1.807) is 7.05 Å². The zero-order valence-electron chi connectivity index (χ0n) is 10.8. The lowest BCUT2D eigenvalue weighted by Crippen LogP contribution is -2.47. The van der Waals surface area contributed by atoms with Crippen LogP contribution < -0.4 is 10.5 Å². The molecule has 0 spiro atoms. The molecule has 0 bridgehead atoms. The predicted molar refractivity (Wildman–Crippen MR) is 69.4 cm³/mol. The van der Waals surface area contributed by atoms with Gasteiger partial charge in [-0.15, -0.1) is 0 Å². The molecule has 1 aromatic rings. The molecule has 0 saturated heterocycles. The number of nitrogens with zero attached hydrogens (tertiary/aromatic N) is 2. The molecule has 1 fully saturated rings. The number of rotatable bonds is 3. The topological polar surface area (TPSA) is 90.0 Å². The molecule has 0 atom stereocenters. The van der Waals surface area contributed by atoms with E-state index in [2.05, 4.69) is 9.71 Å². The maximum Gasteiger partial charge on any atom is 0.260 e. The summed E-state index contributed by atoms with van der Waals surface area (Å²) in [6.07, 6.45) is 6.42. The molecule has 1 heterocycles. The van der Waals surface area contributed by atoms with Crippen molar-refractivity contribution in [1.82, 2.24) is 14.3 Å². The van der Waals surface area contributed by atoms with Gasteiger partial charge in [0, 0.05) is 12.6 Å². The van der Waals surface area contributed by atoms with Gasteiger partial charge in [-0.2, -0.15) is 0 Å². The Bertz CT molecular complexity index is 510. The SMILES string of the molecule is Cn1cnc(N)c1S(=O)(=O)NC1(C)CCCCC1. The Morgan fingerprint density at radius 1 is 1.39 bits per heavy atom. The maximum absolute atomic E-state index is 12.4. The van der Waals surface area contributed by atoms with Gasteiger partial charge in [0.15, 0.2) is 10.8 Å². The molecule has 1 saturated carbocycles. The highest BCUT2D eigenvalue weighted by Gasteiger charge is 2.34. The normalized spacial score (nSPS) is 19.9. The number of hydrogen-bond acceptors (Lipinski definition) is 4. The minimum absolute atomic E-state index is 0.0457. The predicted octanol–water partition coefficient (Wildman–Crippen LogP) is 1.00. The fourth-order valence-corrected chi connectivity index (χ4v) is 4.28. The molecular formula is C11H20N4O2S. The van der Waals surface area contributed by atoms with Gasteiger partial charge in [-0.1, -0.05) is 19.3 Å². The van der Waals surface area contributed by atoms with Crippen molar-refractivity contribution < 1.29 is 8.42 Å². The van der Waals surface area contributed by atoms with Crippen molar-refractivity contribution in [1.29, 1.82) is 0 Å². The van der Waals surface area contributed by atoms with Gasteiger partial charge in [0.2, 0.25) is 0 Å². The Morgan fingerprint density at radius 3 is 2.50 bits per heavy atom. The summed E-state index contributed by atoms with van der Waals surface area (Å²) in [4.78, 5) is 3.82. The number of imidazole rings is 1. The fourth-order valence-electron chi connectivity index (χ4n) is 2.57. The number of aromatic nitrogens is 2. The van der Waals surface area contributed by atoms with Gasteiger partial charge >= 0.3 is 0 Å². The second-order valence-corrected chi connectivity index (χ2v) is 6.87. The summed E-state index contributed by atoms with van der Waals surface area (Å²) in [6.45, 7) is 1.95. The number of sulfonamides is 1. The van der Waals surface area contributed by atoms with E-state index in [9.17, 15) is 8.42 Å². The van der Waals surface area contributed by atoms with Crippen LogP contribution in [0.5, 0.6) is 0 Å². The van der Waals surface area contributed by atoms with Crippen molar-refractivity contribution in [2.75, 3.05) is 5.73 Å². The molecule has 0 aromatic carbocycles. The highest BCUT2D eigenvalue weighted by molar-refractivity contribution is 7.89. The van der Waals surface area contributed by atoms with Crippen LogP contribution in [-0.4, -0.2) is 23.5 Å². The summed E-state index contributed by atoms with van der Waals surface area (Å²) >= 11 is 0. The second-order valence-electron chi connectivity index (χ2n) is 5.27. The van der Waals surface area contributed by atoms with Crippen molar-refractivity contribution in [3.05, 3.63) is 6.33 Å². The van der Waals surface area contributed by atoms with E-state index in [4.69, 9.17) is 5.73 Å². The van der Waals surface area contributed by atoms with Crippen LogP contribution in [0.25, 0.3) is 0 Å². The zero-order valence-corrected chi connectivity index (χ0v) is 11.6. The Balaban J connectivity index is 2.27. The zero-order chi connectivity index (χ0) is 13.4. The summed E-state index contributed by atoms with van der Waals surface area (Å²) in [6, 6.07) is 0. The quantitative estimate of drug-likeness (QED) is 0.859. The molecule has 2 rings (SSSR count). The van der Waals surface area contributed by atoms with Crippen LogP contribution in [0.3, 0.4) is 0 Å². The highest BCUT2D eigenvalue weighted by atomic mass is 32.2. The number of hydrogen-bond donors (Lipinski definition) is 2. The summed E-state index contributed by atoms with van der Waals surface area (Å²) in [5.74, 6) is 0.0457. The lowest BCUT2D eigenvalue weighted by atomic mass is 9.84. The largest absolute Gasteiger partial charge is 0.381 e. The Morgan fingerprint density at radius 2 is 2.00 bits per heavy atom. The molecule has 0 radical (unpaired) electrons. The fraction of sp³-hybridized carbons (Fsp3) is 0.727. The van der Waals surface area contributed by atoms with Crippen LogP contribution in [0.2, 0.25) is 0 Å². The number of nitrogens with one attached hydrogen (secondary N) is 1. The standard InChI is InChI=1S/C11H20N4O2S/c1-11(6-4-3-5-7-11)14-18(16,17)10-9(12)13-8-15(10)2/h8,14H,3-7,12H2,1-2H3. The van der Waals surface area contributed by atoms with Crippen molar-refractivity contribution in [2.24, 2.45) is 7.05 Å². The molecular weight excluding hydrogens is 252 g/mol. The number of anilines is 1. The average Bonchev–Trinajstić information content (AvgIpc) is 2.58. The lowest BCUT2D eigenvalue weighted by molar-refractivity contribution is 0.293. The van der Waals surface area contributed by atoms with Gasteiger partial charge in [0.25, 0.3) is 10.0 Å². The first-order chi connectivity index (χ1) is 8.34. The number of nitrogens with two attached hydrogens (primary N) is 1. The summed E-state index contributed by atoms with van der Waals surface area (Å²) in [5, 5.41) is 0.0503. The minimum atomic E-state index is -3.61. The van der Waals surface area contributed by atoms with E-state index in [0.717, 1.165) is 25.7 Å². The van der Waals surface area contributed by atoms with Gasteiger partial charge in [-0.25, -0.2) is 18.1 Å². The molecule has 1 aliphatic carbocycles. The first kappa shape index (κ1) is 13.4. The molecule has 3 N–H and O–H groups in total. The highest BCUT2D eigenvalue weighted by Crippen LogP contribution is 2.29. The van der Waals surface area contributed by atoms with Gasteiger partial charge in [-0.3, -0.25) is 0 Å². The third-order valence-electron chi connectivity index (χ3n) is 3.50. The van der Waals surface area contributed by atoms with Crippen molar-refractivity contribution in [3.8, 4) is 0 Å². The molecule has 18 heavy (non-hydrogen) atoms. The van der Waals surface area contributed by atoms with Gasteiger partial charge in [0.1, 0.15) is 0 Å². The molecule has 7 heteroatoms. The second kappa shape index (κ2) is 4.55. The lowest BCUT2D eigenvalue weighted by Gasteiger charge is -2.34. The van der Waals surface area contributed by atoms with Crippen molar-refractivity contribution in [3.63, 3.8) is 0 Å². The van der Waals surface area contributed by atoms with E-state index in [0.29, 0.717) is 0 Å². The summed E-state index contributed by atoms with van der Waals surface area (Å²) < 4.78 is 28.9. The van der Waals surface area contributed by atoms with Gasteiger partial charge in [-0.05, 0) is 19.8 Å². The van der Waals surface area contributed by atoms with Crippen LogP contribution in [0.1, 0.15) is 39.0 Å². The third-order valence-corrected chi connectivity index (χ3v) is 5.27. The molecule has 6 nitrogen and oxygen atoms in total. The molecule has 0 unspecified atom stereocenters. The molecule has 102 valence electrons. The molecule has 0 aliphatic heterocycles. The van der Waals surface area contributed by atoms with E-state index in [-0.39, 0.29) is 16.4 Å². The Hall–Kier alpha value is -1.08. The minimum Gasteiger partial charge on any atom is -0.381 e. The van der Waals surface area contributed by atoms with E-state index in [1.165, 1.54) is 17.3 Å². The van der Waals surface area contributed by atoms with Crippen LogP contribution in [0.15, 0.2) is 11.4 Å². The first-order valence-corrected chi connectivity index (χ1v) is 7.63. The average molecular weight is 272 g/mol. The third kappa shape index (κ3) is 2.51. The van der Waals surface area contributed by atoms with Crippen molar-refractivity contribution in [2.45, 2.75) is 49.6 Å². The monoisotopic (exact) mass is 272 g/mol. The number of aryl methyl sites for hydroxylation is 1. The van der Waals surface area contributed by atoms with E-state index >= 15 is 0 Å². The number of nitrogen functional groups attached to an aromatic ring is 1. The molecule has 1 aromatic heterocycles. The first-order valence-electron chi connectivity index (χ1n) is 6.15. The van der Waals surface area contributed by atoms with E-state index in [1.807, 2.05) is 6.92 Å². The summed E-state index contributed by atoms with van der Waals surface area (Å²) in [5.41, 5.74) is 5.26. The van der Waals surface area contributed by atoms with Crippen LogP contribution in [0, 0.1) is 0 Å². The smallest absolute Gasteiger partial charge is 0.260 e. The van der Waals surface area contributed by atoms with Crippen LogP contribution >= 0.6 is 0 Å².